The van der Waals surface area contributed by atoms with Gasteiger partial charge in [0.05, 0.1) is 12.1 Å². The summed E-state index contributed by atoms with van der Waals surface area (Å²) in [6.07, 6.45) is 0. The summed E-state index contributed by atoms with van der Waals surface area (Å²) in [5.74, 6) is -1.47. The minimum Gasteiger partial charge on any atom is -0.320 e. The second kappa shape index (κ2) is 7.07. The number of amides is 4. The smallest absolute Gasteiger partial charge is 0.320 e. The molecule has 0 bridgehead atoms. The largest absolute Gasteiger partial charge is 0.328 e. The Bertz CT molecular complexity index is 298. The van der Waals surface area contributed by atoms with Crippen LogP contribution in [-0.4, -0.2) is 29.9 Å². The van der Waals surface area contributed by atoms with Gasteiger partial charge in [-0.1, -0.05) is 27.7 Å². The number of urea groups is 1. The number of carbonyl (C=O) groups is 3. The fourth-order valence-corrected chi connectivity index (χ4v) is 1.03. The van der Waals surface area contributed by atoms with Gasteiger partial charge in [-0.3, -0.25) is 20.2 Å². The highest BCUT2D eigenvalue weighted by Crippen LogP contribution is 1.99. The minimum absolute atomic E-state index is 0.105. The second-order valence-electron chi connectivity index (χ2n) is 4.85. The molecule has 7 nitrogen and oxygen atoms in total. The zero-order valence-electron chi connectivity index (χ0n) is 11.2. The zero-order chi connectivity index (χ0) is 14.5. The van der Waals surface area contributed by atoms with Crippen molar-refractivity contribution in [3.63, 3.8) is 0 Å². The lowest BCUT2D eigenvalue weighted by molar-refractivity contribution is -0.122. The van der Waals surface area contributed by atoms with Crippen molar-refractivity contribution in [2.75, 3.05) is 0 Å². The molecule has 6 N–H and O–H groups in total. The maximum atomic E-state index is 11.4. The molecular formula is C11H22N4O3. The average molecular weight is 258 g/mol. The summed E-state index contributed by atoms with van der Waals surface area (Å²) in [4.78, 5) is 34.2. The monoisotopic (exact) mass is 258 g/mol. The molecule has 0 rings (SSSR count). The van der Waals surface area contributed by atoms with Gasteiger partial charge < -0.3 is 11.5 Å². The van der Waals surface area contributed by atoms with E-state index < -0.39 is 29.9 Å². The van der Waals surface area contributed by atoms with E-state index in [4.69, 9.17) is 11.5 Å². The summed E-state index contributed by atoms with van der Waals surface area (Å²) >= 11 is 0. The lowest BCUT2D eigenvalue weighted by atomic mass is 10.0. The highest BCUT2D eigenvalue weighted by molar-refractivity contribution is 6.04. The Morgan fingerprint density at radius 3 is 1.28 bits per heavy atom. The van der Waals surface area contributed by atoms with Crippen molar-refractivity contribution in [1.82, 2.24) is 10.6 Å². The van der Waals surface area contributed by atoms with E-state index in [1.807, 2.05) is 10.6 Å². The molecule has 0 fully saturated rings. The Balaban J connectivity index is 4.28. The maximum Gasteiger partial charge on any atom is 0.328 e. The van der Waals surface area contributed by atoms with Crippen LogP contribution in [0, 0.1) is 11.8 Å². The fourth-order valence-electron chi connectivity index (χ4n) is 1.03. The van der Waals surface area contributed by atoms with Gasteiger partial charge in [0.2, 0.25) is 11.8 Å². The Hall–Kier alpha value is -1.47. The van der Waals surface area contributed by atoms with Crippen LogP contribution in [0.3, 0.4) is 0 Å². The highest BCUT2D eigenvalue weighted by atomic mass is 16.2. The Kier molecular flexibility index (Phi) is 6.50. The van der Waals surface area contributed by atoms with Crippen molar-refractivity contribution in [1.29, 1.82) is 0 Å². The lowest BCUT2D eigenvalue weighted by Gasteiger charge is -2.17. The standard InChI is InChI=1S/C11H22N4O3/c1-5(2)7(12)9(16)14-11(18)15-10(17)8(13)6(3)4/h5-8H,12-13H2,1-4H3,(H2,14,15,16,17,18)/t7-,8-/m0/s1. The summed E-state index contributed by atoms with van der Waals surface area (Å²) in [7, 11) is 0. The molecule has 0 spiro atoms. The first kappa shape index (κ1) is 16.5. The Morgan fingerprint density at radius 1 is 0.778 bits per heavy atom. The minimum atomic E-state index is -0.905. The summed E-state index contributed by atoms with van der Waals surface area (Å²) in [6.45, 7) is 7.01. The van der Waals surface area contributed by atoms with Gasteiger partial charge in [-0.2, -0.15) is 0 Å². The van der Waals surface area contributed by atoms with E-state index in [-0.39, 0.29) is 11.8 Å². The maximum absolute atomic E-state index is 11.4. The highest BCUT2D eigenvalue weighted by Gasteiger charge is 2.23. The van der Waals surface area contributed by atoms with E-state index in [1.165, 1.54) is 0 Å². The molecule has 0 aromatic rings. The Morgan fingerprint density at radius 2 is 1.06 bits per heavy atom. The van der Waals surface area contributed by atoms with Gasteiger partial charge in [0.15, 0.2) is 0 Å². The van der Waals surface area contributed by atoms with Crippen LogP contribution in [0.2, 0.25) is 0 Å². The van der Waals surface area contributed by atoms with Crippen molar-refractivity contribution >= 4 is 17.8 Å². The number of nitrogens with one attached hydrogen (secondary N) is 2. The van der Waals surface area contributed by atoms with E-state index in [9.17, 15) is 14.4 Å². The van der Waals surface area contributed by atoms with Crippen LogP contribution >= 0.6 is 0 Å². The molecule has 0 saturated carbocycles. The van der Waals surface area contributed by atoms with Gasteiger partial charge in [-0.15, -0.1) is 0 Å². The molecule has 18 heavy (non-hydrogen) atoms. The molecule has 0 aliphatic heterocycles. The van der Waals surface area contributed by atoms with Crippen LogP contribution in [0.25, 0.3) is 0 Å². The molecule has 0 saturated heterocycles. The van der Waals surface area contributed by atoms with Crippen molar-refractivity contribution in [2.24, 2.45) is 23.3 Å². The molecule has 0 heterocycles. The number of hydrogen-bond donors (Lipinski definition) is 4. The topological polar surface area (TPSA) is 127 Å². The molecule has 104 valence electrons. The summed E-state index contributed by atoms with van der Waals surface area (Å²) < 4.78 is 0. The van der Waals surface area contributed by atoms with Crippen LogP contribution in [-0.2, 0) is 9.59 Å². The van der Waals surface area contributed by atoms with Crippen molar-refractivity contribution in [3.05, 3.63) is 0 Å². The van der Waals surface area contributed by atoms with E-state index in [0.29, 0.717) is 0 Å². The van der Waals surface area contributed by atoms with Gasteiger partial charge in [-0.25, -0.2) is 4.79 Å². The molecule has 0 aromatic heterocycles. The number of imide groups is 2. The first-order valence-electron chi connectivity index (χ1n) is 5.83. The van der Waals surface area contributed by atoms with Crippen LogP contribution < -0.4 is 22.1 Å². The molecule has 0 aliphatic carbocycles. The van der Waals surface area contributed by atoms with E-state index in [2.05, 4.69) is 0 Å². The molecular weight excluding hydrogens is 236 g/mol. The summed E-state index contributed by atoms with van der Waals surface area (Å²) in [6, 6.07) is -2.51. The van der Waals surface area contributed by atoms with E-state index >= 15 is 0 Å². The molecule has 0 radical (unpaired) electrons. The SMILES string of the molecule is CC(C)[C@H](N)C(=O)NC(=O)NC(=O)[C@@H](N)C(C)C. The predicted octanol–water partition coefficient (Wildman–Crippen LogP) is -0.695. The quantitative estimate of drug-likeness (QED) is 0.530. The van der Waals surface area contributed by atoms with Gasteiger partial charge in [0.1, 0.15) is 0 Å². The number of hydrogen-bond acceptors (Lipinski definition) is 5. The average Bonchev–Trinajstić information content (AvgIpc) is 2.25. The van der Waals surface area contributed by atoms with Crippen LogP contribution in [0.4, 0.5) is 4.79 Å². The fraction of sp³-hybridized carbons (Fsp3) is 0.727. The molecule has 0 aromatic carbocycles. The first-order valence-corrected chi connectivity index (χ1v) is 5.83. The third-order valence-electron chi connectivity index (χ3n) is 2.52. The number of rotatable bonds is 4. The van der Waals surface area contributed by atoms with Gasteiger partial charge in [-0.05, 0) is 11.8 Å². The Labute approximate surface area is 107 Å². The van der Waals surface area contributed by atoms with Crippen molar-refractivity contribution in [2.45, 2.75) is 39.8 Å². The zero-order valence-corrected chi connectivity index (χ0v) is 11.2. The summed E-state index contributed by atoms with van der Waals surface area (Å²) in [5.41, 5.74) is 11.1. The summed E-state index contributed by atoms with van der Waals surface area (Å²) in [5, 5.41) is 3.99. The molecule has 2 atom stereocenters. The molecule has 7 heteroatoms. The van der Waals surface area contributed by atoms with Gasteiger partial charge in [0, 0.05) is 0 Å². The molecule has 0 unspecified atom stereocenters. The normalized spacial score (nSPS) is 14.2. The van der Waals surface area contributed by atoms with Gasteiger partial charge >= 0.3 is 6.03 Å². The van der Waals surface area contributed by atoms with Gasteiger partial charge in [0.25, 0.3) is 0 Å². The molecule has 4 amide bonds. The first-order chi connectivity index (χ1) is 8.16. The number of nitrogens with two attached hydrogens (primary N) is 2. The van der Waals surface area contributed by atoms with Crippen LogP contribution in [0.1, 0.15) is 27.7 Å². The molecule has 0 aliphatic rings. The van der Waals surface area contributed by atoms with Crippen LogP contribution in [0.5, 0.6) is 0 Å². The lowest BCUT2D eigenvalue weighted by Crippen LogP contribution is -2.53. The third kappa shape index (κ3) is 5.24. The van der Waals surface area contributed by atoms with E-state index in [0.717, 1.165) is 0 Å². The van der Waals surface area contributed by atoms with Crippen LogP contribution in [0.15, 0.2) is 0 Å². The predicted molar refractivity (Wildman–Crippen MR) is 67.3 cm³/mol. The third-order valence-corrected chi connectivity index (χ3v) is 2.52. The van der Waals surface area contributed by atoms with Crippen molar-refractivity contribution in [3.8, 4) is 0 Å². The van der Waals surface area contributed by atoms with E-state index in [1.54, 1.807) is 27.7 Å². The van der Waals surface area contributed by atoms with Crippen molar-refractivity contribution < 1.29 is 14.4 Å². The number of carbonyl (C=O) groups excluding carboxylic acids is 3. The second-order valence-corrected chi connectivity index (χ2v) is 4.85.